The molecule has 47 heavy (non-hydrogen) atoms. The zero-order valence-corrected chi connectivity index (χ0v) is 31.1. The van der Waals surface area contributed by atoms with E-state index >= 15 is 0 Å². The third-order valence-corrected chi connectivity index (χ3v) is 7.20. The predicted octanol–water partition coefficient (Wildman–Crippen LogP) is 10.9. The molecule has 3 heterocycles. The molecule has 0 saturated carbocycles. The monoisotopic (exact) mass is 808 g/mol. The average Bonchev–Trinajstić information content (AvgIpc) is 3.38. The largest absolute Gasteiger partial charge is 0.811 e. The summed E-state index contributed by atoms with van der Waals surface area (Å²) in [6.45, 7) is 17.8. The molecular formula is C42H48IrN3O-3. The van der Waals surface area contributed by atoms with Gasteiger partial charge in [0.1, 0.15) is 0 Å². The predicted molar refractivity (Wildman–Crippen MR) is 195 cm³/mol. The number of hydrogen-bond acceptors (Lipinski definition) is 2. The van der Waals surface area contributed by atoms with Gasteiger partial charge in [-0.15, -0.1) is 46.5 Å². The normalized spacial score (nSPS) is 14.6. The zero-order chi connectivity index (χ0) is 38.1. The van der Waals surface area contributed by atoms with Gasteiger partial charge in [-0.25, -0.2) is 4.98 Å². The number of aromatic nitrogens is 2. The summed E-state index contributed by atoms with van der Waals surface area (Å²) in [6.07, 6.45) is 5.29. The van der Waals surface area contributed by atoms with Crippen LogP contribution in [0.1, 0.15) is 89.6 Å². The van der Waals surface area contributed by atoms with Crippen LogP contribution in [-0.4, -0.2) is 11.2 Å². The molecule has 0 saturated heterocycles. The van der Waals surface area contributed by atoms with Crippen LogP contribution in [0.5, 0.6) is 0 Å². The minimum Gasteiger partial charge on any atom is -0.811 e. The molecule has 0 spiro atoms. The number of pyridine rings is 2. The van der Waals surface area contributed by atoms with Crippen LogP contribution in [0.4, 0.5) is 0 Å². The van der Waals surface area contributed by atoms with Crippen LogP contribution in [0.25, 0.3) is 44.3 Å². The van der Waals surface area contributed by atoms with Crippen LogP contribution in [0.15, 0.2) is 82.9 Å². The molecule has 249 valence electrons. The molecule has 5 aromatic rings. The van der Waals surface area contributed by atoms with E-state index in [4.69, 9.17) is 11.3 Å². The van der Waals surface area contributed by atoms with Gasteiger partial charge in [-0.05, 0) is 48.2 Å². The van der Waals surface area contributed by atoms with E-state index in [0.29, 0.717) is 27.7 Å². The van der Waals surface area contributed by atoms with Crippen LogP contribution < -0.4 is 4.57 Å². The maximum Gasteiger partial charge on any atom is 0.216 e. The Morgan fingerprint density at radius 2 is 1.81 bits per heavy atom. The second-order valence-electron chi connectivity index (χ2n) is 14.0. The molecule has 0 fully saturated rings. The van der Waals surface area contributed by atoms with Crippen molar-refractivity contribution in [1.82, 2.24) is 4.98 Å². The topological polar surface area (TPSA) is 52.2 Å². The molecule has 0 N–H and O–H groups in total. The molecular weight excluding hydrogens is 755 g/mol. The van der Waals surface area contributed by atoms with Crippen LogP contribution in [0.3, 0.4) is 0 Å². The van der Waals surface area contributed by atoms with Gasteiger partial charge in [0.05, 0.1) is 17.5 Å². The van der Waals surface area contributed by atoms with Crippen LogP contribution in [0, 0.1) is 44.6 Å². The van der Waals surface area contributed by atoms with Crippen molar-refractivity contribution in [1.29, 1.82) is 0 Å². The third kappa shape index (κ3) is 10.0. The average molecular weight is 808 g/mol. The van der Waals surface area contributed by atoms with Crippen molar-refractivity contribution in [2.45, 2.75) is 75.0 Å². The molecule has 5 heteroatoms. The van der Waals surface area contributed by atoms with Gasteiger partial charge in [-0.1, -0.05) is 96.7 Å². The smallest absolute Gasteiger partial charge is 0.216 e. The molecule has 3 aromatic heterocycles. The first-order chi connectivity index (χ1) is 23.5. The molecule has 0 aliphatic heterocycles. The molecule has 1 radical (unpaired) electrons. The van der Waals surface area contributed by atoms with E-state index in [0.717, 1.165) is 34.8 Å². The van der Waals surface area contributed by atoms with Crippen molar-refractivity contribution in [2.24, 2.45) is 10.8 Å². The van der Waals surface area contributed by atoms with Crippen LogP contribution in [-0.2, 0) is 26.5 Å². The van der Waals surface area contributed by atoms with E-state index in [1.807, 2.05) is 17.6 Å². The number of rotatable bonds is 6. The molecule has 0 aliphatic rings. The number of allylic oxidation sites excluding steroid dienone is 4. The second-order valence-corrected chi connectivity index (χ2v) is 14.0. The fourth-order valence-corrected chi connectivity index (χ4v) is 5.39. The first-order valence-electron chi connectivity index (χ1n) is 17.9. The summed E-state index contributed by atoms with van der Waals surface area (Å²) in [5.74, 6) is 0. The van der Waals surface area contributed by atoms with Crippen molar-refractivity contribution in [3.8, 4) is 11.3 Å². The maximum atomic E-state index is 9.33. The summed E-state index contributed by atoms with van der Waals surface area (Å²) < 4.78 is 47.7. The van der Waals surface area contributed by atoms with Gasteiger partial charge in [-0.3, -0.25) is 0 Å². The third-order valence-electron chi connectivity index (χ3n) is 7.20. The Labute approximate surface area is 302 Å². The van der Waals surface area contributed by atoms with Gasteiger partial charge in [0, 0.05) is 45.1 Å². The summed E-state index contributed by atoms with van der Waals surface area (Å²) in [7, 11) is 4.14. The van der Waals surface area contributed by atoms with Gasteiger partial charge >= 0.3 is 0 Å². The Balaban J connectivity index is 0.000000301. The molecule has 5 rings (SSSR count). The van der Waals surface area contributed by atoms with Crippen molar-refractivity contribution < 1.29 is 35.9 Å². The SMILES string of the molecule is [2H]C([2H])([2H])c1ccc2c(n1)oc1c(/C(C)=C/C(=C\C=[N-])C([2H])([2H])C(C)(C)C)[c-]ccc12.[CH2-]c1cc(C)ccc1-c1ccc(CC(C)(C)C)c[n+]1[CH2-].[Ir]. The van der Waals surface area contributed by atoms with Gasteiger partial charge in [0.2, 0.25) is 5.71 Å². The van der Waals surface area contributed by atoms with Crippen molar-refractivity contribution in [3.05, 3.63) is 132 Å². The van der Waals surface area contributed by atoms with E-state index in [1.54, 1.807) is 39.0 Å². The Morgan fingerprint density at radius 3 is 2.43 bits per heavy atom. The fraction of sp³-hybridized carbons (Fsp3) is 0.310. The standard InChI is InChI=1S/C23H24N2O.C19H24N.Ir/c1-15(13-17(11-12-24)14-23(3,4)5)18-7-6-8-19-20-10-9-16(2)25-22(20)26-21(18)19;1-14-7-9-17(15(2)11-14)18-10-8-16(13-20(18)6)12-19(3,4)5;/h6,8-13H,14H2,1-5H3;7-11,13H,2,6,12H2,1,3-5H3;/q-2;-1;/b15-13+,17-11+;;/i2D3,14D2;;. The number of furan rings is 1. The molecule has 2 aromatic carbocycles. The summed E-state index contributed by atoms with van der Waals surface area (Å²) in [6, 6.07) is 20.5. The first kappa shape index (κ1) is 30.4. The minimum atomic E-state index is -2.34. The molecule has 0 aliphatic carbocycles. The number of nitrogens with zero attached hydrogens (tertiary/aromatic N) is 3. The Hall–Kier alpha value is -3.92. The quantitative estimate of drug-likeness (QED) is 0.0743. The second kappa shape index (κ2) is 15.3. The van der Waals surface area contributed by atoms with E-state index < -0.39 is 18.6 Å². The van der Waals surface area contributed by atoms with Gasteiger partial charge in [0.15, 0.2) is 0 Å². The Kier molecular flexibility index (Phi) is 9.91. The number of fused-ring (bicyclic) bond motifs is 3. The van der Waals surface area contributed by atoms with E-state index in [2.05, 4.69) is 89.2 Å². The zero-order valence-electron chi connectivity index (χ0n) is 33.7. The molecule has 0 atom stereocenters. The van der Waals surface area contributed by atoms with Crippen molar-refractivity contribution in [2.75, 3.05) is 0 Å². The number of benzene rings is 2. The van der Waals surface area contributed by atoms with Gasteiger partial charge < -0.3 is 14.4 Å². The fourth-order valence-electron chi connectivity index (χ4n) is 5.39. The molecule has 0 bridgehead atoms. The van der Waals surface area contributed by atoms with Crippen molar-refractivity contribution in [3.63, 3.8) is 0 Å². The van der Waals surface area contributed by atoms with Gasteiger partial charge in [-0.2, -0.15) is 24.8 Å². The maximum absolute atomic E-state index is 9.33. The summed E-state index contributed by atoms with van der Waals surface area (Å²) in [4.78, 5) is 4.17. The minimum absolute atomic E-state index is 0. The molecule has 4 nitrogen and oxygen atoms in total. The van der Waals surface area contributed by atoms with E-state index in [-0.39, 0.29) is 36.9 Å². The Morgan fingerprint density at radius 1 is 1.06 bits per heavy atom. The van der Waals surface area contributed by atoms with Gasteiger partial charge in [0.25, 0.3) is 0 Å². The van der Waals surface area contributed by atoms with E-state index in [9.17, 15) is 5.41 Å². The number of hydrogen-bond donors (Lipinski definition) is 0. The molecule has 0 amide bonds. The summed E-state index contributed by atoms with van der Waals surface area (Å²) >= 11 is 0. The summed E-state index contributed by atoms with van der Waals surface area (Å²) in [5.41, 5.74) is 7.70. The Bertz CT molecular complexity index is 2130. The van der Waals surface area contributed by atoms with Crippen molar-refractivity contribution >= 4 is 33.9 Å². The molecule has 0 unspecified atom stereocenters. The van der Waals surface area contributed by atoms with Crippen LogP contribution in [0.2, 0.25) is 0 Å². The summed E-state index contributed by atoms with van der Waals surface area (Å²) in [5, 5.41) is 10.8. The van der Waals surface area contributed by atoms with Crippen LogP contribution >= 0.6 is 0 Å². The van der Waals surface area contributed by atoms with E-state index in [1.165, 1.54) is 23.3 Å². The number of aryl methyl sites for hydroxylation is 2. The first-order valence-corrected chi connectivity index (χ1v) is 15.4.